The van der Waals surface area contributed by atoms with Crippen LogP contribution in [0.1, 0.15) is 32.6 Å². The maximum Gasteiger partial charge on any atom is 0.111 e. The van der Waals surface area contributed by atoms with Gasteiger partial charge in [0.2, 0.25) is 0 Å². The Hall–Kier alpha value is -0.460. The molecule has 1 heterocycles. The van der Waals surface area contributed by atoms with Crippen molar-refractivity contribution in [3.8, 4) is 0 Å². The molecular formula is C14H26O5. The summed E-state index contributed by atoms with van der Waals surface area (Å²) in [6.07, 6.45) is 4.75. The van der Waals surface area contributed by atoms with Crippen LogP contribution in [0.4, 0.5) is 0 Å². The van der Waals surface area contributed by atoms with Crippen LogP contribution < -0.4 is 0 Å². The first-order chi connectivity index (χ1) is 9.16. The van der Waals surface area contributed by atoms with Gasteiger partial charge in [0.25, 0.3) is 0 Å². The topological polar surface area (TPSA) is 79.2 Å². The molecule has 1 saturated heterocycles. The van der Waals surface area contributed by atoms with Crippen LogP contribution in [0.15, 0.2) is 12.2 Å². The van der Waals surface area contributed by atoms with Gasteiger partial charge in [-0.25, -0.2) is 0 Å². The van der Waals surface area contributed by atoms with Gasteiger partial charge in [0.05, 0.1) is 13.2 Å². The van der Waals surface area contributed by atoms with E-state index >= 15 is 0 Å². The molecule has 0 aromatic heterocycles. The van der Waals surface area contributed by atoms with Crippen LogP contribution in [0.5, 0.6) is 0 Å². The molecule has 0 radical (unpaired) electrons. The molecule has 3 N–H and O–H groups in total. The molecule has 1 aliphatic heterocycles. The number of allylic oxidation sites excluding steroid dienone is 2. The molecule has 1 rings (SSSR count). The molecule has 112 valence electrons. The lowest BCUT2D eigenvalue weighted by Crippen LogP contribution is -2.54. The highest BCUT2D eigenvalue weighted by molar-refractivity contribution is 4.86. The molecule has 4 atom stereocenters. The molecule has 0 aliphatic carbocycles. The Morgan fingerprint density at radius 1 is 1.16 bits per heavy atom. The van der Waals surface area contributed by atoms with E-state index in [4.69, 9.17) is 9.47 Å². The summed E-state index contributed by atoms with van der Waals surface area (Å²) >= 11 is 0. The third-order valence-electron chi connectivity index (χ3n) is 3.28. The average molecular weight is 274 g/mol. The number of ether oxygens (including phenoxy) is 2. The van der Waals surface area contributed by atoms with Crippen LogP contribution in [-0.2, 0) is 9.47 Å². The van der Waals surface area contributed by atoms with E-state index in [2.05, 4.69) is 12.2 Å². The Balaban J connectivity index is 2.03. The van der Waals surface area contributed by atoms with Gasteiger partial charge in [0.1, 0.15) is 24.4 Å². The lowest BCUT2D eigenvalue weighted by molar-refractivity contribution is -0.199. The molecular weight excluding hydrogens is 248 g/mol. The molecule has 19 heavy (non-hydrogen) atoms. The molecule has 1 fully saturated rings. The predicted octanol–water partition coefficient (Wildman–Crippen LogP) is 0.621. The van der Waals surface area contributed by atoms with Gasteiger partial charge in [-0.3, -0.25) is 0 Å². The summed E-state index contributed by atoms with van der Waals surface area (Å²) in [4.78, 5) is 0. The second-order valence-electron chi connectivity index (χ2n) is 4.91. The van der Waals surface area contributed by atoms with Crippen LogP contribution in [0, 0.1) is 0 Å². The van der Waals surface area contributed by atoms with Gasteiger partial charge in [0, 0.05) is 6.61 Å². The Kier molecular flexibility index (Phi) is 8.25. The van der Waals surface area contributed by atoms with Crippen molar-refractivity contribution in [3.05, 3.63) is 12.2 Å². The summed E-state index contributed by atoms with van der Waals surface area (Å²) in [7, 11) is 0. The summed E-state index contributed by atoms with van der Waals surface area (Å²) in [5.74, 6) is 0. The maximum absolute atomic E-state index is 9.69. The molecule has 0 unspecified atom stereocenters. The number of aliphatic hydroxyl groups is 3. The summed E-state index contributed by atoms with van der Waals surface area (Å²) in [5.41, 5.74) is 0. The first kappa shape index (κ1) is 16.6. The Bertz CT molecular complexity index is 256. The predicted molar refractivity (Wildman–Crippen MR) is 71.9 cm³/mol. The number of hydrogen-bond donors (Lipinski definition) is 3. The second kappa shape index (κ2) is 9.44. The zero-order chi connectivity index (χ0) is 14.1. The van der Waals surface area contributed by atoms with E-state index in [0.717, 1.165) is 25.7 Å². The van der Waals surface area contributed by atoms with Crippen LogP contribution in [0.25, 0.3) is 0 Å². The van der Waals surface area contributed by atoms with E-state index in [1.165, 1.54) is 0 Å². The van der Waals surface area contributed by atoms with Crippen molar-refractivity contribution in [3.63, 3.8) is 0 Å². The molecule has 0 bridgehead atoms. The molecule has 0 aromatic carbocycles. The molecule has 0 saturated carbocycles. The molecule has 0 aromatic rings. The van der Waals surface area contributed by atoms with E-state index in [1.54, 1.807) is 0 Å². The van der Waals surface area contributed by atoms with Crippen LogP contribution >= 0.6 is 0 Å². The highest BCUT2D eigenvalue weighted by Crippen LogP contribution is 2.16. The van der Waals surface area contributed by atoms with Crippen molar-refractivity contribution in [1.82, 2.24) is 0 Å². The van der Waals surface area contributed by atoms with Crippen LogP contribution in [0.2, 0.25) is 0 Å². The van der Waals surface area contributed by atoms with Gasteiger partial charge in [-0.05, 0) is 26.2 Å². The standard InChI is InChI=1S/C14H26O5/c1-2-3-4-5-6-7-8-18-10-12-14(17)13(16)11(15)9-19-12/h2-3,11-17H,4-10H2,1H3/b3-2+/t11-,12+,13+,14+/m0/s1. The first-order valence-electron chi connectivity index (χ1n) is 7.01. The van der Waals surface area contributed by atoms with E-state index < -0.39 is 24.4 Å². The highest BCUT2D eigenvalue weighted by Gasteiger charge is 2.37. The van der Waals surface area contributed by atoms with Gasteiger partial charge in [-0.15, -0.1) is 0 Å². The van der Waals surface area contributed by atoms with Crippen molar-refractivity contribution in [2.45, 2.75) is 57.0 Å². The first-order valence-corrected chi connectivity index (χ1v) is 7.01. The quantitative estimate of drug-likeness (QED) is 0.447. The molecule has 0 amide bonds. The van der Waals surface area contributed by atoms with Gasteiger partial charge in [-0.2, -0.15) is 0 Å². The minimum Gasteiger partial charge on any atom is -0.388 e. The van der Waals surface area contributed by atoms with Crippen LogP contribution in [0.3, 0.4) is 0 Å². The minimum atomic E-state index is -1.15. The smallest absolute Gasteiger partial charge is 0.111 e. The number of rotatable bonds is 8. The third-order valence-corrected chi connectivity index (χ3v) is 3.28. The van der Waals surface area contributed by atoms with Gasteiger partial charge >= 0.3 is 0 Å². The molecule has 5 nitrogen and oxygen atoms in total. The normalized spacial score (nSPS) is 32.0. The lowest BCUT2D eigenvalue weighted by atomic mass is 10.0. The number of aliphatic hydroxyl groups excluding tert-OH is 3. The van der Waals surface area contributed by atoms with Gasteiger partial charge in [0.15, 0.2) is 0 Å². The molecule has 5 heteroatoms. The molecule has 1 aliphatic rings. The van der Waals surface area contributed by atoms with Crippen molar-refractivity contribution in [1.29, 1.82) is 0 Å². The number of unbranched alkanes of at least 4 members (excludes halogenated alkanes) is 3. The monoisotopic (exact) mass is 274 g/mol. The summed E-state index contributed by atoms with van der Waals surface area (Å²) in [6.45, 7) is 2.93. The van der Waals surface area contributed by atoms with Crippen molar-refractivity contribution in [2.24, 2.45) is 0 Å². The summed E-state index contributed by atoms with van der Waals surface area (Å²) in [5, 5.41) is 28.5. The molecule has 0 spiro atoms. The van der Waals surface area contributed by atoms with Crippen LogP contribution in [-0.4, -0.2) is 59.6 Å². The fraction of sp³-hybridized carbons (Fsp3) is 0.857. The fourth-order valence-electron chi connectivity index (χ4n) is 2.02. The Labute approximate surface area is 114 Å². The largest absolute Gasteiger partial charge is 0.388 e. The van der Waals surface area contributed by atoms with Gasteiger partial charge < -0.3 is 24.8 Å². The van der Waals surface area contributed by atoms with E-state index in [0.29, 0.717) is 6.61 Å². The third kappa shape index (κ3) is 6.01. The average Bonchev–Trinajstić information content (AvgIpc) is 2.41. The minimum absolute atomic E-state index is 0.0373. The van der Waals surface area contributed by atoms with Crippen molar-refractivity contribution in [2.75, 3.05) is 19.8 Å². The van der Waals surface area contributed by atoms with E-state index in [9.17, 15) is 15.3 Å². The highest BCUT2D eigenvalue weighted by atomic mass is 16.6. The zero-order valence-electron chi connectivity index (χ0n) is 11.6. The maximum atomic E-state index is 9.69. The van der Waals surface area contributed by atoms with Gasteiger partial charge in [-0.1, -0.05) is 18.6 Å². The van der Waals surface area contributed by atoms with E-state index in [-0.39, 0.29) is 13.2 Å². The SMILES string of the molecule is C/C=C/CCCCCOC[C@H]1OC[C@H](O)[C@@H](O)[C@@H]1O. The van der Waals surface area contributed by atoms with Crippen molar-refractivity contribution >= 4 is 0 Å². The Morgan fingerprint density at radius 2 is 1.95 bits per heavy atom. The lowest BCUT2D eigenvalue weighted by Gasteiger charge is -2.35. The van der Waals surface area contributed by atoms with Crippen molar-refractivity contribution < 1.29 is 24.8 Å². The van der Waals surface area contributed by atoms with E-state index in [1.807, 2.05) is 6.92 Å². The summed E-state index contributed by atoms with van der Waals surface area (Å²) < 4.78 is 10.7. The fourth-order valence-corrected chi connectivity index (χ4v) is 2.02. The summed E-state index contributed by atoms with van der Waals surface area (Å²) in [6, 6.07) is 0. The number of hydrogen-bond acceptors (Lipinski definition) is 5. The second-order valence-corrected chi connectivity index (χ2v) is 4.91. The zero-order valence-corrected chi connectivity index (χ0v) is 11.6. The Morgan fingerprint density at radius 3 is 2.68 bits per heavy atom.